The van der Waals surface area contributed by atoms with Crippen LogP contribution in [0.15, 0.2) is 12.1 Å². The zero-order chi connectivity index (χ0) is 14.7. The first kappa shape index (κ1) is 15.4. The highest BCUT2D eigenvalue weighted by molar-refractivity contribution is 6.31. The lowest BCUT2D eigenvalue weighted by Crippen LogP contribution is -2.26. The average molecular weight is 299 g/mol. The molecule has 2 N–H and O–H groups in total. The lowest BCUT2D eigenvalue weighted by Gasteiger charge is -2.19. The van der Waals surface area contributed by atoms with Crippen molar-refractivity contribution in [2.24, 2.45) is 5.73 Å². The number of halogens is 1. The van der Waals surface area contributed by atoms with Gasteiger partial charge in [0.1, 0.15) is 0 Å². The molecule has 1 fully saturated rings. The van der Waals surface area contributed by atoms with Crippen LogP contribution >= 0.6 is 11.6 Å². The maximum atomic E-state index is 6.36. The molecule has 112 valence electrons. The SMILES string of the molecule is COc1cc(CN2CC[C@@H](N)C2)c(Cl)cc1OC(C)C. The summed E-state index contributed by atoms with van der Waals surface area (Å²) >= 11 is 6.36. The molecule has 0 amide bonds. The predicted molar refractivity (Wildman–Crippen MR) is 81.6 cm³/mol. The molecule has 2 rings (SSSR count). The molecule has 1 aliphatic rings. The molecule has 1 atom stereocenters. The highest BCUT2D eigenvalue weighted by atomic mass is 35.5. The van der Waals surface area contributed by atoms with Gasteiger partial charge in [-0.3, -0.25) is 4.90 Å². The summed E-state index contributed by atoms with van der Waals surface area (Å²) in [5.74, 6) is 1.41. The van der Waals surface area contributed by atoms with E-state index in [2.05, 4.69) is 4.90 Å². The third-order valence-corrected chi connectivity index (χ3v) is 3.75. The average Bonchev–Trinajstić information content (AvgIpc) is 2.77. The van der Waals surface area contributed by atoms with Crippen LogP contribution in [-0.4, -0.2) is 37.2 Å². The summed E-state index contributed by atoms with van der Waals surface area (Å²) in [5, 5.41) is 0.710. The summed E-state index contributed by atoms with van der Waals surface area (Å²) in [4.78, 5) is 2.31. The molecule has 0 spiro atoms. The summed E-state index contributed by atoms with van der Waals surface area (Å²) in [5.41, 5.74) is 6.98. The van der Waals surface area contributed by atoms with Crippen LogP contribution < -0.4 is 15.2 Å². The topological polar surface area (TPSA) is 47.7 Å². The molecule has 1 aliphatic heterocycles. The van der Waals surface area contributed by atoms with Crippen LogP contribution in [0.1, 0.15) is 25.8 Å². The fourth-order valence-corrected chi connectivity index (χ4v) is 2.66. The molecule has 20 heavy (non-hydrogen) atoms. The summed E-state index contributed by atoms with van der Waals surface area (Å²) in [6.07, 6.45) is 1.13. The van der Waals surface area contributed by atoms with Gasteiger partial charge < -0.3 is 15.2 Å². The first-order valence-electron chi connectivity index (χ1n) is 7.00. The van der Waals surface area contributed by atoms with Gasteiger partial charge in [0.15, 0.2) is 11.5 Å². The van der Waals surface area contributed by atoms with Crippen molar-refractivity contribution in [3.05, 3.63) is 22.7 Å². The Hall–Kier alpha value is -0.970. The van der Waals surface area contributed by atoms with Crippen molar-refractivity contribution in [1.29, 1.82) is 0 Å². The molecular formula is C15H23ClN2O2. The Morgan fingerprint density at radius 1 is 1.40 bits per heavy atom. The first-order chi connectivity index (χ1) is 9.49. The molecule has 5 heteroatoms. The van der Waals surface area contributed by atoms with Gasteiger partial charge in [0.2, 0.25) is 0 Å². The lowest BCUT2D eigenvalue weighted by atomic mass is 10.2. The molecule has 1 heterocycles. The van der Waals surface area contributed by atoms with Gasteiger partial charge in [-0.2, -0.15) is 0 Å². The van der Waals surface area contributed by atoms with Gasteiger partial charge in [-0.25, -0.2) is 0 Å². The van der Waals surface area contributed by atoms with E-state index in [9.17, 15) is 0 Å². The Morgan fingerprint density at radius 2 is 2.15 bits per heavy atom. The molecule has 0 unspecified atom stereocenters. The van der Waals surface area contributed by atoms with Crippen molar-refractivity contribution in [2.45, 2.75) is 39.0 Å². The van der Waals surface area contributed by atoms with Crippen molar-refractivity contribution >= 4 is 11.6 Å². The van der Waals surface area contributed by atoms with Crippen LogP contribution in [0.4, 0.5) is 0 Å². The van der Waals surface area contributed by atoms with E-state index in [0.29, 0.717) is 10.8 Å². The van der Waals surface area contributed by atoms with Gasteiger partial charge in [-0.1, -0.05) is 11.6 Å². The number of ether oxygens (including phenoxy) is 2. The molecule has 0 bridgehead atoms. The lowest BCUT2D eigenvalue weighted by molar-refractivity contribution is 0.229. The number of methoxy groups -OCH3 is 1. The standard InChI is InChI=1S/C15H23ClN2O2/c1-10(2)20-15-7-13(16)11(6-14(15)19-3)8-18-5-4-12(17)9-18/h6-7,10,12H,4-5,8-9,17H2,1-3H3/t12-/m1/s1. The molecule has 4 nitrogen and oxygen atoms in total. The quantitative estimate of drug-likeness (QED) is 0.908. The van der Waals surface area contributed by atoms with E-state index in [1.54, 1.807) is 7.11 Å². The second-order valence-corrected chi connectivity index (χ2v) is 5.95. The minimum Gasteiger partial charge on any atom is -0.493 e. The minimum atomic E-state index is 0.0856. The zero-order valence-corrected chi connectivity index (χ0v) is 13.1. The third kappa shape index (κ3) is 3.78. The number of hydrogen-bond donors (Lipinski definition) is 1. The maximum absolute atomic E-state index is 6.36. The Kier molecular flexibility index (Phi) is 5.13. The Bertz CT molecular complexity index is 465. The van der Waals surface area contributed by atoms with Crippen molar-refractivity contribution in [2.75, 3.05) is 20.2 Å². The van der Waals surface area contributed by atoms with Gasteiger partial charge >= 0.3 is 0 Å². The molecular weight excluding hydrogens is 276 g/mol. The van der Waals surface area contributed by atoms with Gasteiger partial charge in [0.05, 0.1) is 13.2 Å². The zero-order valence-electron chi connectivity index (χ0n) is 12.4. The Morgan fingerprint density at radius 3 is 2.70 bits per heavy atom. The van der Waals surface area contributed by atoms with Crippen LogP contribution in [-0.2, 0) is 6.54 Å². The van der Waals surface area contributed by atoms with Crippen LogP contribution in [0.25, 0.3) is 0 Å². The Labute approximate surface area is 125 Å². The minimum absolute atomic E-state index is 0.0856. The summed E-state index contributed by atoms with van der Waals surface area (Å²) in [6.45, 7) is 6.69. The van der Waals surface area contributed by atoms with Gasteiger partial charge in [0.25, 0.3) is 0 Å². The van der Waals surface area contributed by atoms with E-state index in [4.69, 9.17) is 26.8 Å². The van der Waals surface area contributed by atoms with Crippen molar-refractivity contribution < 1.29 is 9.47 Å². The van der Waals surface area contributed by atoms with Crippen LogP contribution in [0.5, 0.6) is 11.5 Å². The number of benzene rings is 1. The van der Waals surface area contributed by atoms with Gasteiger partial charge in [-0.15, -0.1) is 0 Å². The van der Waals surface area contributed by atoms with E-state index < -0.39 is 0 Å². The highest BCUT2D eigenvalue weighted by Crippen LogP contribution is 2.34. The second kappa shape index (κ2) is 6.66. The van der Waals surface area contributed by atoms with Crippen LogP contribution in [0.2, 0.25) is 5.02 Å². The monoisotopic (exact) mass is 298 g/mol. The number of nitrogens with two attached hydrogens (primary N) is 1. The summed E-state index contributed by atoms with van der Waals surface area (Å²) in [7, 11) is 1.64. The molecule has 0 saturated carbocycles. The molecule has 0 radical (unpaired) electrons. The highest BCUT2D eigenvalue weighted by Gasteiger charge is 2.21. The van der Waals surface area contributed by atoms with E-state index in [0.717, 1.165) is 37.4 Å². The van der Waals surface area contributed by atoms with E-state index in [1.165, 1.54) is 0 Å². The largest absolute Gasteiger partial charge is 0.493 e. The molecule has 1 aromatic rings. The number of rotatable bonds is 5. The summed E-state index contributed by atoms with van der Waals surface area (Å²) < 4.78 is 11.1. The van der Waals surface area contributed by atoms with Crippen molar-refractivity contribution in [3.8, 4) is 11.5 Å². The molecule has 1 saturated heterocycles. The number of nitrogens with zero attached hydrogens (tertiary/aromatic N) is 1. The van der Waals surface area contributed by atoms with Crippen LogP contribution in [0.3, 0.4) is 0 Å². The van der Waals surface area contributed by atoms with E-state index in [1.807, 2.05) is 26.0 Å². The van der Waals surface area contributed by atoms with Gasteiger partial charge in [-0.05, 0) is 31.9 Å². The molecule has 0 aliphatic carbocycles. The van der Waals surface area contributed by atoms with Gasteiger partial charge in [0, 0.05) is 36.8 Å². The van der Waals surface area contributed by atoms with E-state index in [-0.39, 0.29) is 12.1 Å². The fourth-order valence-electron chi connectivity index (χ4n) is 2.45. The fraction of sp³-hybridized carbons (Fsp3) is 0.600. The maximum Gasteiger partial charge on any atom is 0.163 e. The first-order valence-corrected chi connectivity index (χ1v) is 7.38. The second-order valence-electron chi connectivity index (χ2n) is 5.54. The number of likely N-dealkylation sites (tertiary alicyclic amines) is 1. The third-order valence-electron chi connectivity index (χ3n) is 3.40. The number of hydrogen-bond acceptors (Lipinski definition) is 4. The normalized spacial score (nSPS) is 19.6. The smallest absolute Gasteiger partial charge is 0.163 e. The van der Waals surface area contributed by atoms with Crippen molar-refractivity contribution in [3.63, 3.8) is 0 Å². The van der Waals surface area contributed by atoms with E-state index >= 15 is 0 Å². The Balaban J connectivity index is 2.17. The van der Waals surface area contributed by atoms with Crippen molar-refractivity contribution in [1.82, 2.24) is 4.90 Å². The summed E-state index contributed by atoms with van der Waals surface area (Å²) in [6, 6.07) is 4.08. The molecule has 1 aromatic carbocycles. The van der Waals surface area contributed by atoms with Crippen LogP contribution in [0, 0.1) is 0 Å². The molecule has 0 aromatic heterocycles. The predicted octanol–water partition coefficient (Wildman–Crippen LogP) is 2.67.